The summed E-state index contributed by atoms with van der Waals surface area (Å²) in [6.07, 6.45) is -0.460. The van der Waals surface area contributed by atoms with Crippen LogP contribution in [-0.2, 0) is 6.54 Å². The Balaban J connectivity index is 2.19. The van der Waals surface area contributed by atoms with E-state index in [0.29, 0.717) is 0 Å². The highest BCUT2D eigenvalue weighted by molar-refractivity contribution is 9.10. The summed E-state index contributed by atoms with van der Waals surface area (Å²) >= 11 is 9.57. The summed E-state index contributed by atoms with van der Waals surface area (Å²) in [5.41, 5.74) is 3.14. The van der Waals surface area contributed by atoms with Crippen LogP contribution in [0.4, 0.5) is 5.69 Å². The fourth-order valence-electron chi connectivity index (χ4n) is 2.09. The molecule has 0 aliphatic heterocycles. The zero-order chi connectivity index (χ0) is 14.7. The Morgan fingerprint density at radius 3 is 2.60 bits per heavy atom. The minimum atomic E-state index is -0.460. The normalized spacial score (nSPS) is 12.2. The minimum Gasteiger partial charge on any atom is -0.389 e. The molecule has 2 nitrogen and oxygen atoms in total. The molecule has 2 aromatic rings. The quantitative estimate of drug-likeness (QED) is 0.853. The highest BCUT2D eigenvalue weighted by atomic mass is 79.9. The molecule has 0 fully saturated rings. The molecule has 0 radical (unpaired) electrons. The number of hydrogen-bond acceptors (Lipinski definition) is 2. The van der Waals surface area contributed by atoms with Gasteiger partial charge in [-0.25, -0.2) is 0 Å². The average Bonchev–Trinajstić information content (AvgIpc) is 2.38. The van der Waals surface area contributed by atoms with Crippen molar-refractivity contribution in [3.05, 3.63) is 63.1 Å². The van der Waals surface area contributed by atoms with Gasteiger partial charge in [-0.05, 0) is 58.2 Å². The van der Waals surface area contributed by atoms with E-state index >= 15 is 0 Å². The third kappa shape index (κ3) is 3.75. The van der Waals surface area contributed by atoms with Crippen LogP contribution in [0.2, 0.25) is 5.02 Å². The van der Waals surface area contributed by atoms with E-state index in [4.69, 9.17) is 11.6 Å². The Morgan fingerprint density at radius 1 is 1.25 bits per heavy atom. The van der Waals surface area contributed by atoms with E-state index in [2.05, 4.69) is 26.9 Å². The van der Waals surface area contributed by atoms with Gasteiger partial charge in [0, 0.05) is 23.1 Å². The first-order valence-electron chi connectivity index (χ1n) is 6.40. The average molecular weight is 355 g/mol. The van der Waals surface area contributed by atoms with Gasteiger partial charge in [0.1, 0.15) is 0 Å². The monoisotopic (exact) mass is 353 g/mol. The lowest BCUT2D eigenvalue weighted by atomic mass is 10.1. The van der Waals surface area contributed by atoms with Crippen LogP contribution in [-0.4, -0.2) is 12.2 Å². The second-order valence-electron chi connectivity index (χ2n) is 4.87. The van der Waals surface area contributed by atoms with Gasteiger partial charge < -0.3 is 10.0 Å². The third-order valence-corrected chi connectivity index (χ3v) is 4.04. The highest BCUT2D eigenvalue weighted by Crippen LogP contribution is 2.29. The number of hydrogen-bond donors (Lipinski definition) is 1. The lowest BCUT2D eigenvalue weighted by molar-refractivity contribution is 0.199. The van der Waals surface area contributed by atoms with Crippen molar-refractivity contribution in [2.24, 2.45) is 0 Å². The minimum absolute atomic E-state index is 0.460. The van der Waals surface area contributed by atoms with Gasteiger partial charge in [-0.1, -0.05) is 29.8 Å². The van der Waals surface area contributed by atoms with E-state index < -0.39 is 6.10 Å². The van der Waals surface area contributed by atoms with Gasteiger partial charge in [-0.2, -0.15) is 0 Å². The maximum absolute atomic E-state index is 9.59. The SMILES string of the molecule is C[C@H](O)c1ccc(N(C)Cc2cccc(Cl)c2)c(Br)c1. The Labute approximate surface area is 133 Å². The fourth-order valence-corrected chi connectivity index (χ4v) is 3.00. The van der Waals surface area contributed by atoms with Crippen LogP contribution in [0.5, 0.6) is 0 Å². The second kappa shape index (κ2) is 6.61. The molecule has 0 aliphatic carbocycles. The summed E-state index contributed by atoms with van der Waals surface area (Å²) in [7, 11) is 2.03. The summed E-state index contributed by atoms with van der Waals surface area (Å²) in [6.45, 7) is 2.53. The zero-order valence-electron chi connectivity index (χ0n) is 11.5. The number of rotatable bonds is 4. The van der Waals surface area contributed by atoms with Crippen molar-refractivity contribution in [2.45, 2.75) is 19.6 Å². The number of nitrogens with zero attached hydrogens (tertiary/aromatic N) is 1. The van der Waals surface area contributed by atoms with Gasteiger partial charge in [-0.15, -0.1) is 0 Å². The Bertz CT molecular complexity index is 601. The third-order valence-electron chi connectivity index (χ3n) is 3.17. The van der Waals surface area contributed by atoms with Gasteiger partial charge in [0.05, 0.1) is 11.8 Å². The van der Waals surface area contributed by atoms with Crippen LogP contribution in [0.15, 0.2) is 46.9 Å². The first-order chi connectivity index (χ1) is 9.47. The lowest BCUT2D eigenvalue weighted by Crippen LogP contribution is -2.17. The molecule has 0 aliphatic rings. The molecule has 0 heterocycles. The predicted molar refractivity (Wildman–Crippen MR) is 88.3 cm³/mol. The van der Waals surface area contributed by atoms with Crippen molar-refractivity contribution in [3.8, 4) is 0 Å². The molecule has 0 saturated carbocycles. The first kappa shape index (κ1) is 15.4. The van der Waals surface area contributed by atoms with Crippen LogP contribution >= 0.6 is 27.5 Å². The van der Waals surface area contributed by atoms with Gasteiger partial charge in [0.2, 0.25) is 0 Å². The van der Waals surface area contributed by atoms with Gasteiger partial charge in [-0.3, -0.25) is 0 Å². The van der Waals surface area contributed by atoms with Crippen LogP contribution in [0.25, 0.3) is 0 Å². The van der Waals surface area contributed by atoms with Crippen molar-refractivity contribution < 1.29 is 5.11 Å². The van der Waals surface area contributed by atoms with E-state index in [9.17, 15) is 5.11 Å². The van der Waals surface area contributed by atoms with Gasteiger partial charge in [0.25, 0.3) is 0 Å². The van der Waals surface area contributed by atoms with Crippen molar-refractivity contribution >= 4 is 33.2 Å². The fraction of sp³-hybridized carbons (Fsp3) is 0.250. The van der Waals surface area contributed by atoms with E-state index in [1.807, 2.05) is 43.4 Å². The number of aliphatic hydroxyl groups is 1. The van der Waals surface area contributed by atoms with Crippen molar-refractivity contribution in [1.29, 1.82) is 0 Å². The molecular formula is C16H17BrClNO. The molecule has 0 spiro atoms. The summed E-state index contributed by atoms with van der Waals surface area (Å²) in [4.78, 5) is 2.14. The lowest BCUT2D eigenvalue weighted by Gasteiger charge is -2.22. The molecule has 2 rings (SSSR count). The molecular weight excluding hydrogens is 338 g/mol. The molecule has 0 aromatic heterocycles. The van der Waals surface area contributed by atoms with E-state index in [1.54, 1.807) is 6.92 Å². The molecule has 0 amide bonds. The molecule has 2 aromatic carbocycles. The van der Waals surface area contributed by atoms with Crippen LogP contribution < -0.4 is 4.90 Å². The van der Waals surface area contributed by atoms with Crippen molar-refractivity contribution in [1.82, 2.24) is 0 Å². The molecule has 0 unspecified atom stereocenters. The smallest absolute Gasteiger partial charge is 0.0762 e. The van der Waals surface area contributed by atoms with Gasteiger partial charge in [0.15, 0.2) is 0 Å². The summed E-state index contributed by atoms with van der Waals surface area (Å²) in [5, 5.41) is 10.3. The summed E-state index contributed by atoms with van der Waals surface area (Å²) in [6, 6.07) is 13.8. The molecule has 4 heteroatoms. The molecule has 106 valence electrons. The topological polar surface area (TPSA) is 23.5 Å². The molecule has 1 N–H and O–H groups in total. The number of aliphatic hydroxyl groups excluding tert-OH is 1. The van der Waals surface area contributed by atoms with Crippen LogP contribution in [0.3, 0.4) is 0 Å². The standard InChI is InChI=1S/C16H17BrClNO/c1-11(20)13-6-7-16(15(17)9-13)19(2)10-12-4-3-5-14(18)8-12/h3-9,11,20H,10H2,1-2H3/t11-/m0/s1. The van der Waals surface area contributed by atoms with Crippen LogP contribution in [0.1, 0.15) is 24.2 Å². The van der Waals surface area contributed by atoms with E-state index in [1.165, 1.54) is 0 Å². The highest BCUT2D eigenvalue weighted by Gasteiger charge is 2.09. The first-order valence-corrected chi connectivity index (χ1v) is 7.57. The molecule has 0 saturated heterocycles. The van der Waals surface area contributed by atoms with Gasteiger partial charge >= 0.3 is 0 Å². The maximum atomic E-state index is 9.59. The van der Waals surface area contributed by atoms with E-state index in [-0.39, 0.29) is 0 Å². The predicted octanol–water partition coefficient (Wildman–Crippen LogP) is 4.79. The number of anilines is 1. The van der Waals surface area contributed by atoms with Crippen LogP contribution in [0, 0.1) is 0 Å². The molecule has 1 atom stereocenters. The summed E-state index contributed by atoms with van der Waals surface area (Å²) in [5.74, 6) is 0. The summed E-state index contributed by atoms with van der Waals surface area (Å²) < 4.78 is 0.973. The largest absolute Gasteiger partial charge is 0.389 e. The Kier molecular flexibility index (Phi) is 5.08. The zero-order valence-corrected chi connectivity index (χ0v) is 13.8. The number of benzene rings is 2. The van der Waals surface area contributed by atoms with Crippen molar-refractivity contribution in [2.75, 3.05) is 11.9 Å². The Morgan fingerprint density at radius 2 is 2.00 bits per heavy atom. The maximum Gasteiger partial charge on any atom is 0.0762 e. The molecule has 0 bridgehead atoms. The Hall–Kier alpha value is -1.03. The number of halogens is 2. The van der Waals surface area contributed by atoms with Crippen molar-refractivity contribution in [3.63, 3.8) is 0 Å². The molecule has 20 heavy (non-hydrogen) atoms. The van der Waals surface area contributed by atoms with E-state index in [0.717, 1.165) is 32.9 Å². The second-order valence-corrected chi connectivity index (χ2v) is 6.16.